The normalized spacial score (nSPS) is 12.5. The summed E-state index contributed by atoms with van der Waals surface area (Å²) in [5, 5.41) is 21.4. The smallest absolute Gasteiger partial charge is 0.295 e. The fraction of sp³-hybridized carbons (Fsp3) is 0.308. The zero-order chi connectivity index (χ0) is 13.8. The van der Waals surface area contributed by atoms with Crippen LogP contribution >= 0.6 is 0 Å². The van der Waals surface area contributed by atoms with Crippen LogP contribution in [-0.2, 0) is 11.2 Å². The van der Waals surface area contributed by atoms with Crippen LogP contribution in [0.3, 0.4) is 0 Å². The summed E-state index contributed by atoms with van der Waals surface area (Å²) in [6.45, 7) is 0.221. The number of aromatic nitrogens is 1. The number of hydrogen-bond acceptors (Lipinski definition) is 5. The van der Waals surface area contributed by atoms with Gasteiger partial charge in [0, 0.05) is 31.2 Å². The second-order valence-corrected chi connectivity index (χ2v) is 4.21. The molecule has 0 radical (unpaired) electrons. The second kappa shape index (κ2) is 5.73. The zero-order valence-corrected chi connectivity index (χ0v) is 10.4. The van der Waals surface area contributed by atoms with Crippen molar-refractivity contribution >= 4 is 16.6 Å². The van der Waals surface area contributed by atoms with Gasteiger partial charge in [-0.15, -0.1) is 0 Å². The van der Waals surface area contributed by atoms with E-state index in [1.54, 1.807) is 18.2 Å². The third-order valence-corrected chi connectivity index (χ3v) is 2.85. The molecule has 0 fully saturated rings. The van der Waals surface area contributed by atoms with Gasteiger partial charge >= 0.3 is 0 Å². The van der Waals surface area contributed by atoms with Gasteiger partial charge < -0.3 is 9.84 Å². The molecule has 0 aliphatic heterocycles. The van der Waals surface area contributed by atoms with Gasteiger partial charge in [-0.2, -0.15) is 0 Å². The van der Waals surface area contributed by atoms with Crippen molar-refractivity contribution in [1.29, 1.82) is 0 Å². The van der Waals surface area contributed by atoms with Gasteiger partial charge in [-0.05, 0) is 11.6 Å². The molecule has 0 bridgehead atoms. The number of nitro groups is 1. The highest BCUT2D eigenvalue weighted by atomic mass is 16.6. The molecule has 0 aliphatic carbocycles. The van der Waals surface area contributed by atoms with Crippen LogP contribution in [0, 0.1) is 10.1 Å². The molecule has 0 amide bonds. The standard InChI is InChI=1S/C13H14N2O4/c1-19-8-10(16)7-9-5-6-14-13-11(9)3-2-4-12(13)15(17)18/h2-6,10,16H,7-8H2,1H3. The van der Waals surface area contributed by atoms with E-state index in [9.17, 15) is 15.2 Å². The lowest BCUT2D eigenvalue weighted by atomic mass is 10.0. The van der Waals surface area contributed by atoms with E-state index in [1.807, 2.05) is 0 Å². The highest BCUT2D eigenvalue weighted by Crippen LogP contribution is 2.26. The Bertz CT molecular complexity index is 600. The summed E-state index contributed by atoms with van der Waals surface area (Å²) in [6, 6.07) is 6.56. The van der Waals surface area contributed by atoms with Crippen molar-refractivity contribution in [1.82, 2.24) is 4.98 Å². The van der Waals surface area contributed by atoms with Gasteiger partial charge in [0.05, 0.1) is 17.6 Å². The number of rotatable bonds is 5. The number of non-ortho nitro benzene ring substituents is 1. The Morgan fingerprint density at radius 3 is 2.95 bits per heavy atom. The second-order valence-electron chi connectivity index (χ2n) is 4.21. The number of aliphatic hydroxyl groups is 1. The number of benzene rings is 1. The Labute approximate surface area is 109 Å². The third-order valence-electron chi connectivity index (χ3n) is 2.85. The van der Waals surface area contributed by atoms with E-state index < -0.39 is 11.0 Å². The number of fused-ring (bicyclic) bond motifs is 1. The molecule has 6 nitrogen and oxygen atoms in total. The summed E-state index contributed by atoms with van der Waals surface area (Å²) in [4.78, 5) is 14.6. The summed E-state index contributed by atoms with van der Waals surface area (Å²) >= 11 is 0. The number of pyridine rings is 1. The molecule has 19 heavy (non-hydrogen) atoms. The number of hydrogen-bond donors (Lipinski definition) is 1. The maximum absolute atomic E-state index is 10.9. The predicted octanol–water partition coefficient (Wildman–Crippen LogP) is 1.69. The van der Waals surface area contributed by atoms with Crippen LogP contribution in [0.5, 0.6) is 0 Å². The highest BCUT2D eigenvalue weighted by Gasteiger charge is 2.15. The lowest BCUT2D eigenvalue weighted by Gasteiger charge is -2.11. The molecule has 0 saturated carbocycles. The topological polar surface area (TPSA) is 85.5 Å². The molecule has 0 saturated heterocycles. The highest BCUT2D eigenvalue weighted by molar-refractivity contribution is 5.89. The van der Waals surface area contributed by atoms with Crippen LogP contribution in [-0.4, -0.2) is 34.8 Å². The first kappa shape index (κ1) is 13.4. The monoisotopic (exact) mass is 262 g/mol. The Hall–Kier alpha value is -2.05. The minimum absolute atomic E-state index is 0.0272. The van der Waals surface area contributed by atoms with E-state index >= 15 is 0 Å². The SMILES string of the molecule is COCC(O)Cc1ccnc2c([N+](=O)[O-])cccc12. The summed E-state index contributed by atoms with van der Waals surface area (Å²) in [7, 11) is 1.51. The van der Waals surface area contributed by atoms with Crippen LogP contribution < -0.4 is 0 Å². The van der Waals surface area contributed by atoms with E-state index in [-0.39, 0.29) is 12.3 Å². The molecule has 1 atom stereocenters. The van der Waals surface area contributed by atoms with Gasteiger partial charge in [-0.1, -0.05) is 12.1 Å². The number of para-hydroxylation sites is 1. The van der Waals surface area contributed by atoms with Crippen LogP contribution in [0.4, 0.5) is 5.69 Å². The van der Waals surface area contributed by atoms with Crippen LogP contribution in [0.1, 0.15) is 5.56 Å². The molecule has 1 unspecified atom stereocenters. The lowest BCUT2D eigenvalue weighted by molar-refractivity contribution is -0.383. The average Bonchev–Trinajstić information content (AvgIpc) is 2.38. The minimum atomic E-state index is -0.644. The predicted molar refractivity (Wildman–Crippen MR) is 70.0 cm³/mol. The third kappa shape index (κ3) is 2.86. The van der Waals surface area contributed by atoms with Gasteiger partial charge in [0.15, 0.2) is 0 Å². The van der Waals surface area contributed by atoms with Gasteiger partial charge in [0.25, 0.3) is 5.69 Å². The molecule has 2 rings (SSSR count). The molecule has 6 heteroatoms. The number of ether oxygens (including phenoxy) is 1. The van der Waals surface area contributed by atoms with E-state index in [0.29, 0.717) is 17.3 Å². The van der Waals surface area contributed by atoms with Gasteiger partial charge in [0.1, 0.15) is 5.52 Å². The van der Waals surface area contributed by atoms with E-state index in [2.05, 4.69) is 4.98 Å². The Balaban J connectivity index is 2.46. The van der Waals surface area contributed by atoms with Crippen molar-refractivity contribution in [3.05, 3.63) is 46.1 Å². The quantitative estimate of drug-likeness (QED) is 0.654. The fourth-order valence-electron chi connectivity index (χ4n) is 2.05. The number of aliphatic hydroxyl groups excluding tert-OH is 1. The Morgan fingerprint density at radius 2 is 2.26 bits per heavy atom. The van der Waals surface area contributed by atoms with E-state index in [0.717, 1.165) is 5.56 Å². The molecular formula is C13H14N2O4. The van der Waals surface area contributed by atoms with Gasteiger partial charge in [-0.25, -0.2) is 4.98 Å². The lowest BCUT2D eigenvalue weighted by Crippen LogP contribution is -2.17. The summed E-state index contributed by atoms with van der Waals surface area (Å²) < 4.78 is 4.88. The maximum atomic E-state index is 10.9. The summed E-state index contributed by atoms with van der Waals surface area (Å²) in [5.74, 6) is 0. The largest absolute Gasteiger partial charge is 0.390 e. The van der Waals surface area contributed by atoms with Gasteiger partial charge in [0.2, 0.25) is 0 Å². The molecule has 1 heterocycles. The molecule has 0 aliphatic rings. The Morgan fingerprint density at radius 1 is 1.47 bits per heavy atom. The van der Waals surface area contributed by atoms with E-state index in [1.165, 1.54) is 19.4 Å². The molecule has 100 valence electrons. The van der Waals surface area contributed by atoms with Crippen molar-refractivity contribution in [3.8, 4) is 0 Å². The first-order valence-electron chi connectivity index (χ1n) is 5.81. The first-order valence-corrected chi connectivity index (χ1v) is 5.81. The van der Waals surface area contributed by atoms with Crippen molar-refractivity contribution < 1.29 is 14.8 Å². The maximum Gasteiger partial charge on any atom is 0.295 e. The van der Waals surface area contributed by atoms with Crippen molar-refractivity contribution in [2.75, 3.05) is 13.7 Å². The fourth-order valence-corrected chi connectivity index (χ4v) is 2.05. The van der Waals surface area contributed by atoms with Crippen LogP contribution in [0.2, 0.25) is 0 Å². The summed E-state index contributed by atoms with van der Waals surface area (Å²) in [5.41, 5.74) is 1.13. The van der Waals surface area contributed by atoms with Gasteiger partial charge in [-0.3, -0.25) is 10.1 Å². The summed E-state index contributed by atoms with van der Waals surface area (Å²) in [6.07, 6.45) is 1.24. The number of nitrogens with zero attached hydrogens (tertiary/aromatic N) is 2. The first-order chi connectivity index (χ1) is 9.13. The van der Waals surface area contributed by atoms with E-state index in [4.69, 9.17) is 4.74 Å². The molecule has 1 aromatic carbocycles. The van der Waals surface area contributed by atoms with Crippen LogP contribution in [0.15, 0.2) is 30.5 Å². The zero-order valence-electron chi connectivity index (χ0n) is 10.4. The number of nitro benzene ring substituents is 1. The van der Waals surface area contributed by atoms with Crippen molar-refractivity contribution in [2.45, 2.75) is 12.5 Å². The molecule has 1 aromatic heterocycles. The minimum Gasteiger partial charge on any atom is -0.390 e. The van der Waals surface area contributed by atoms with Crippen molar-refractivity contribution in [2.24, 2.45) is 0 Å². The Kier molecular flexibility index (Phi) is 4.03. The molecule has 0 spiro atoms. The number of methoxy groups -OCH3 is 1. The molecule has 1 N–H and O–H groups in total. The average molecular weight is 262 g/mol. The molecular weight excluding hydrogens is 248 g/mol. The molecule has 2 aromatic rings. The van der Waals surface area contributed by atoms with Crippen LogP contribution in [0.25, 0.3) is 10.9 Å². The van der Waals surface area contributed by atoms with Crippen molar-refractivity contribution in [3.63, 3.8) is 0 Å².